The fourth-order valence-corrected chi connectivity index (χ4v) is 3.67. The van der Waals surface area contributed by atoms with Crippen molar-refractivity contribution in [1.29, 1.82) is 0 Å². The lowest BCUT2D eigenvalue weighted by Crippen LogP contribution is -2.52. The summed E-state index contributed by atoms with van der Waals surface area (Å²) in [5, 5.41) is 2.90. The number of carbonyl (C=O) groups is 1. The molecule has 2 aromatic carbocycles. The minimum absolute atomic E-state index is 0.141. The Morgan fingerprint density at radius 1 is 1.07 bits per heavy atom. The molecule has 0 spiro atoms. The van der Waals surface area contributed by atoms with E-state index < -0.39 is 0 Å². The highest BCUT2D eigenvalue weighted by atomic mass is 19.1. The van der Waals surface area contributed by atoms with E-state index in [1.54, 1.807) is 0 Å². The molecule has 1 fully saturated rings. The average Bonchev–Trinajstić information content (AvgIpc) is 3.13. The average molecular weight is 369 g/mol. The maximum absolute atomic E-state index is 12.9. The van der Waals surface area contributed by atoms with Crippen LogP contribution >= 0.6 is 0 Å². The van der Waals surface area contributed by atoms with Crippen LogP contribution in [0.3, 0.4) is 0 Å². The normalized spacial score (nSPS) is 20.1. The number of hydrogen-bond acceptors (Lipinski definition) is 4. The molecule has 1 N–H and O–H groups in total. The zero-order valence-electron chi connectivity index (χ0n) is 15.2. The number of rotatable bonds is 5. The second-order valence-corrected chi connectivity index (χ2v) is 7.02. The SMILES string of the molecule is O=C(NCCN1CCN(C2Cc3ccccc3O2)CC1)c1ccc(F)cc1. The number of halogens is 1. The maximum Gasteiger partial charge on any atom is 0.251 e. The van der Waals surface area contributed by atoms with Crippen LogP contribution in [0.15, 0.2) is 48.5 Å². The van der Waals surface area contributed by atoms with Crippen LogP contribution in [0.25, 0.3) is 0 Å². The lowest BCUT2D eigenvalue weighted by molar-refractivity contribution is 0.00590. The van der Waals surface area contributed by atoms with E-state index in [-0.39, 0.29) is 18.0 Å². The number of hydrogen-bond donors (Lipinski definition) is 1. The molecule has 1 unspecified atom stereocenters. The second-order valence-electron chi connectivity index (χ2n) is 7.02. The summed E-state index contributed by atoms with van der Waals surface area (Å²) in [7, 11) is 0. The first-order valence-electron chi connectivity index (χ1n) is 9.44. The largest absolute Gasteiger partial charge is 0.474 e. The standard InChI is InChI=1S/C21H24FN3O2/c22-18-7-5-16(6-8-18)21(26)23-9-10-24-11-13-25(14-12-24)20-15-17-3-1-2-4-19(17)27-20/h1-8,20H,9-15H2,(H,23,26). The van der Waals surface area contributed by atoms with Gasteiger partial charge in [-0.2, -0.15) is 0 Å². The van der Waals surface area contributed by atoms with Crippen LogP contribution in [0, 0.1) is 5.82 Å². The monoisotopic (exact) mass is 369 g/mol. The highest BCUT2D eigenvalue weighted by molar-refractivity contribution is 5.94. The summed E-state index contributed by atoms with van der Waals surface area (Å²) in [6.07, 6.45) is 1.09. The van der Waals surface area contributed by atoms with E-state index >= 15 is 0 Å². The molecule has 0 bridgehead atoms. The number of carbonyl (C=O) groups excluding carboxylic acids is 1. The Kier molecular flexibility index (Phi) is 5.36. The number of benzene rings is 2. The summed E-state index contributed by atoms with van der Waals surface area (Å²) in [6.45, 7) is 5.24. The van der Waals surface area contributed by atoms with Gasteiger partial charge in [0.2, 0.25) is 0 Å². The highest BCUT2D eigenvalue weighted by Gasteiger charge is 2.30. The summed E-state index contributed by atoms with van der Waals surface area (Å²) >= 11 is 0. The summed E-state index contributed by atoms with van der Waals surface area (Å²) in [5.41, 5.74) is 1.77. The predicted octanol–water partition coefficient (Wildman–Crippen LogP) is 2.13. The molecule has 4 rings (SSSR count). The van der Waals surface area contributed by atoms with E-state index in [1.165, 1.54) is 29.8 Å². The first-order valence-corrected chi connectivity index (χ1v) is 9.44. The van der Waals surface area contributed by atoms with Gasteiger partial charge in [0.15, 0.2) is 6.23 Å². The van der Waals surface area contributed by atoms with Crippen LogP contribution in [-0.2, 0) is 6.42 Å². The van der Waals surface area contributed by atoms with Crippen molar-refractivity contribution < 1.29 is 13.9 Å². The molecule has 1 atom stereocenters. The molecule has 2 heterocycles. The van der Waals surface area contributed by atoms with Crippen molar-refractivity contribution in [2.24, 2.45) is 0 Å². The zero-order chi connectivity index (χ0) is 18.6. The summed E-state index contributed by atoms with van der Waals surface area (Å²) in [5.74, 6) is 0.512. The lowest BCUT2D eigenvalue weighted by atomic mass is 10.1. The van der Waals surface area contributed by atoms with Gasteiger partial charge in [-0.3, -0.25) is 14.6 Å². The Morgan fingerprint density at radius 2 is 1.81 bits per heavy atom. The van der Waals surface area contributed by atoms with Crippen LogP contribution in [0.2, 0.25) is 0 Å². The number of amides is 1. The topological polar surface area (TPSA) is 44.8 Å². The maximum atomic E-state index is 12.9. The minimum Gasteiger partial charge on any atom is -0.474 e. The minimum atomic E-state index is -0.334. The van der Waals surface area contributed by atoms with Crippen molar-refractivity contribution >= 4 is 5.91 Å². The summed E-state index contributed by atoms with van der Waals surface area (Å²) in [4.78, 5) is 16.8. The quantitative estimate of drug-likeness (QED) is 0.877. The molecule has 142 valence electrons. The molecule has 0 radical (unpaired) electrons. The third kappa shape index (κ3) is 4.28. The molecule has 2 aliphatic rings. The van der Waals surface area contributed by atoms with Gasteiger partial charge in [0.1, 0.15) is 11.6 Å². The fraction of sp³-hybridized carbons (Fsp3) is 0.381. The van der Waals surface area contributed by atoms with E-state index in [0.717, 1.165) is 44.9 Å². The molecule has 2 aliphatic heterocycles. The predicted molar refractivity (Wildman–Crippen MR) is 101 cm³/mol. The third-order valence-electron chi connectivity index (χ3n) is 5.26. The van der Waals surface area contributed by atoms with Gasteiger partial charge < -0.3 is 10.1 Å². The number of fused-ring (bicyclic) bond motifs is 1. The van der Waals surface area contributed by atoms with Crippen molar-refractivity contribution in [2.75, 3.05) is 39.3 Å². The number of nitrogens with zero attached hydrogens (tertiary/aromatic N) is 2. The molecule has 6 heteroatoms. The first-order chi connectivity index (χ1) is 13.2. The van der Waals surface area contributed by atoms with Gasteiger partial charge in [-0.15, -0.1) is 0 Å². The second kappa shape index (κ2) is 8.06. The van der Waals surface area contributed by atoms with Crippen molar-refractivity contribution in [1.82, 2.24) is 15.1 Å². The van der Waals surface area contributed by atoms with E-state index in [9.17, 15) is 9.18 Å². The molecule has 5 nitrogen and oxygen atoms in total. The molecule has 0 aliphatic carbocycles. The summed E-state index contributed by atoms with van der Waals surface area (Å²) in [6, 6.07) is 13.9. The molecule has 2 aromatic rings. The Bertz CT molecular complexity index is 763. The Morgan fingerprint density at radius 3 is 2.56 bits per heavy atom. The lowest BCUT2D eigenvalue weighted by Gasteiger charge is -2.37. The van der Waals surface area contributed by atoms with Crippen LogP contribution in [0.5, 0.6) is 5.75 Å². The van der Waals surface area contributed by atoms with Crippen LogP contribution in [-0.4, -0.2) is 61.2 Å². The van der Waals surface area contributed by atoms with E-state index in [4.69, 9.17) is 4.74 Å². The molecule has 27 heavy (non-hydrogen) atoms. The molecular weight excluding hydrogens is 345 g/mol. The van der Waals surface area contributed by atoms with Gasteiger partial charge in [0, 0.05) is 51.3 Å². The number of nitrogens with one attached hydrogen (secondary N) is 1. The van der Waals surface area contributed by atoms with Gasteiger partial charge in [0.05, 0.1) is 0 Å². The van der Waals surface area contributed by atoms with E-state index in [1.807, 2.05) is 12.1 Å². The van der Waals surface area contributed by atoms with Crippen molar-refractivity contribution in [2.45, 2.75) is 12.6 Å². The molecule has 0 saturated carbocycles. The number of para-hydroxylation sites is 1. The number of piperazine rings is 1. The van der Waals surface area contributed by atoms with Gasteiger partial charge in [0.25, 0.3) is 5.91 Å². The van der Waals surface area contributed by atoms with Gasteiger partial charge in [-0.1, -0.05) is 18.2 Å². The van der Waals surface area contributed by atoms with E-state index in [2.05, 4.69) is 27.2 Å². The molecule has 1 amide bonds. The summed E-state index contributed by atoms with van der Waals surface area (Å²) < 4.78 is 19.0. The van der Waals surface area contributed by atoms with Gasteiger partial charge in [-0.25, -0.2) is 4.39 Å². The Hall–Kier alpha value is -2.44. The molecule has 0 aromatic heterocycles. The Balaban J connectivity index is 1.18. The molecule has 1 saturated heterocycles. The van der Waals surface area contributed by atoms with Crippen LogP contribution in [0.1, 0.15) is 15.9 Å². The van der Waals surface area contributed by atoms with Crippen molar-refractivity contribution in [3.05, 3.63) is 65.5 Å². The fourth-order valence-electron chi connectivity index (χ4n) is 3.67. The van der Waals surface area contributed by atoms with E-state index in [0.29, 0.717) is 12.1 Å². The van der Waals surface area contributed by atoms with Crippen LogP contribution < -0.4 is 10.1 Å². The third-order valence-corrected chi connectivity index (χ3v) is 5.26. The zero-order valence-corrected chi connectivity index (χ0v) is 15.2. The van der Waals surface area contributed by atoms with Crippen LogP contribution in [0.4, 0.5) is 4.39 Å². The van der Waals surface area contributed by atoms with Gasteiger partial charge >= 0.3 is 0 Å². The molecular formula is C21H24FN3O2. The Labute approximate surface area is 158 Å². The van der Waals surface area contributed by atoms with Crippen molar-refractivity contribution in [3.63, 3.8) is 0 Å². The highest BCUT2D eigenvalue weighted by Crippen LogP contribution is 2.29. The van der Waals surface area contributed by atoms with Gasteiger partial charge in [-0.05, 0) is 35.9 Å². The van der Waals surface area contributed by atoms with Crippen molar-refractivity contribution in [3.8, 4) is 5.75 Å². The smallest absolute Gasteiger partial charge is 0.251 e. The first kappa shape index (κ1) is 17.9. The number of ether oxygens (including phenoxy) is 1.